The van der Waals surface area contributed by atoms with Crippen LogP contribution in [0.5, 0.6) is 0 Å². The lowest BCUT2D eigenvalue weighted by atomic mass is 10.1. The van der Waals surface area contributed by atoms with Gasteiger partial charge < -0.3 is 15.4 Å². The molecule has 1 heterocycles. The van der Waals surface area contributed by atoms with Gasteiger partial charge in [0.1, 0.15) is 0 Å². The van der Waals surface area contributed by atoms with Crippen molar-refractivity contribution in [2.45, 2.75) is 64.0 Å². The Bertz CT molecular complexity index is 431. The second kappa shape index (κ2) is 13.9. The standard InChI is InChI=1S/C18H31N3OS.HI/c1-19-18(21-14-16-10-13-23-15-16)20-11-6-7-12-22-17-8-4-2-3-5-9-17;/h10,13,15,17H,2-9,11-12,14H2,1H3,(H2,19,20,21);1H. The van der Waals surface area contributed by atoms with Crippen molar-refractivity contribution in [3.63, 3.8) is 0 Å². The van der Waals surface area contributed by atoms with Crippen LogP contribution in [0.1, 0.15) is 56.9 Å². The molecule has 1 saturated carbocycles. The molecular formula is C18H32IN3OS. The quantitative estimate of drug-likeness (QED) is 0.195. The fourth-order valence-electron chi connectivity index (χ4n) is 2.89. The van der Waals surface area contributed by atoms with Gasteiger partial charge in [0.05, 0.1) is 6.10 Å². The van der Waals surface area contributed by atoms with Gasteiger partial charge in [-0.2, -0.15) is 11.3 Å². The van der Waals surface area contributed by atoms with Crippen molar-refractivity contribution >= 4 is 41.3 Å². The number of ether oxygens (including phenoxy) is 1. The molecule has 2 N–H and O–H groups in total. The average molecular weight is 465 g/mol. The van der Waals surface area contributed by atoms with Crippen LogP contribution in [0.2, 0.25) is 0 Å². The first-order valence-corrected chi connectivity index (χ1v) is 9.90. The summed E-state index contributed by atoms with van der Waals surface area (Å²) in [5, 5.41) is 11.0. The minimum absolute atomic E-state index is 0. The monoisotopic (exact) mass is 465 g/mol. The Morgan fingerprint density at radius 2 is 2.00 bits per heavy atom. The third-order valence-electron chi connectivity index (χ3n) is 4.28. The summed E-state index contributed by atoms with van der Waals surface area (Å²) in [5.41, 5.74) is 1.30. The zero-order chi connectivity index (χ0) is 16.2. The number of nitrogens with zero attached hydrogens (tertiary/aromatic N) is 1. The fraction of sp³-hybridized carbons (Fsp3) is 0.722. The van der Waals surface area contributed by atoms with Gasteiger partial charge in [-0.25, -0.2) is 0 Å². The normalized spacial score (nSPS) is 16.3. The number of thiophene rings is 1. The van der Waals surface area contributed by atoms with E-state index in [4.69, 9.17) is 4.74 Å². The Labute approximate surface area is 167 Å². The second-order valence-electron chi connectivity index (χ2n) is 6.18. The third-order valence-corrected chi connectivity index (χ3v) is 5.02. The van der Waals surface area contributed by atoms with Gasteiger partial charge >= 0.3 is 0 Å². The fourth-order valence-corrected chi connectivity index (χ4v) is 3.56. The molecule has 1 aliphatic carbocycles. The smallest absolute Gasteiger partial charge is 0.191 e. The van der Waals surface area contributed by atoms with E-state index in [1.54, 1.807) is 11.3 Å². The maximum absolute atomic E-state index is 6.02. The van der Waals surface area contributed by atoms with Crippen LogP contribution in [-0.2, 0) is 11.3 Å². The summed E-state index contributed by atoms with van der Waals surface area (Å²) in [5.74, 6) is 0.876. The van der Waals surface area contributed by atoms with Gasteiger partial charge in [0.15, 0.2) is 5.96 Å². The number of rotatable bonds is 8. The molecule has 0 spiro atoms. The lowest BCUT2D eigenvalue weighted by molar-refractivity contribution is 0.0411. The Hall–Kier alpha value is -0.340. The number of hydrogen-bond acceptors (Lipinski definition) is 3. The van der Waals surface area contributed by atoms with Crippen LogP contribution in [0.3, 0.4) is 0 Å². The Balaban J connectivity index is 0.00000288. The highest BCUT2D eigenvalue weighted by atomic mass is 127. The molecule has 0 amide bonds. The van der Waals surface area contributed by atoms with Crippen LogP contribution in [-0.4, -0.2) is 32.3 Å². The predicted octanol–water partition coefficient (Wildman–Crippen LogP) is 4.55. The van der Waals surface area contributed by atoms with Gasteiger partial charge in [-0.05, 0) is 48.1 Å². The number of nitrogens with one attached hydrogen (secondary N) is 2. The van der Waals surface area contributed by atoms with Crippen molar-refractivity contribution < 1.29 is 4.74 Å². The van der Waals surface area contributed by atoms with Gasteiger partial charge in [0.25, 0.3) is 0 Å². The van der Waals surface area contributed by atoms with E-state index in [9.17, 15) is 0 Å². The van der Waals surface area contributed by atoms with Crippen molar-refractivity contribution in [1.29, 1.82) is 0 Å². The lowest BCUT2D eigenvalue weighted by Gasteiger charge is -2.15. The van der Waals surface area contributed by atoms with Crippen LogP contribution in [0.25, 0.3) is 0 Å². The molecular weight excluding hydrogens is 433 g/mol. The lowest BCUT2D eigenvalue weighted by Crippen LogP contribution is -2.37. The molecule has 2 rings (SSSR count). The van der Waals surface area contributed by atoms with Crippen molar-refractivity contribution in [3.8, 4) is 0 Å². The molecule has 0 radical (unpaired) electrons. The first kappa shape index (κ1) is 21.7. The van der Waals surface area contributed by atoms with Crippen LogP contribution in [0.4, 0.5) is 0 Å². The zero-order valence-electron chi connectivity index (χ0n) is 14.8. The molecule has 4 nitrogen and oxygen atoms in total. The van der Waals surface area contributed by atoms with Gasteiger partial charge in [-0.1, -0.05) is 25.7 Å². The van der Waals surface area contributed by atoms with E-state index in [0.717, 1.165) is 38.5 Å². The zero-order valence-corrected chi connectivity index (χ0v) is 17.9. The first-order chi connectivity index (χ1) is 11.4. The van der Waals surface area contributed by atoms with E-state index < -0.39 is 0 Å². The highest BCUT2D eigenvalue weighted by Crippen LogP contribution is 2.19. The maximum Gasteiger partial charge on any atom is 0.191 e. The molecule has 1 aromatic rings. The molecule has 0 aromatic carbocycles. The number of aliphatic imine (C=N–C) groups is 1. The number of halogens is 1. The maximum atomic E-state index is 6.02. The van der Waals surface area contributed by atoms with Gasteiger partial charge in [0, 0.05) is 26.7 Å². The number of guanidine groups is 1. The summed E-state index contributed by atoms with van der Waals surface area (Å²) in [4.78, 5) is 4.26. The van der Waals surface area contributed by atoms with Gasteiger partial charge in [0.2, 0.25) is 0 Å². The summed E-state index contributed by atoms with van der Waals surface area (Å²) in [6.45, 7) is 2.67. The average Bonchev–Trinajstić information content (AvgIpc) is 2.96. The molecule has 24 heavy (non-hydrogen) atoms. The van der Waals surface area contributed by atoms with Gasteiger partial charge in [-0.15, -0.1) is 24.0 Å². The summed E-state index contributed by atoms with van der Waals surface area (Å²) in [6, 6.07) is 2.13. The van der Waals surface area contributed by atoms with Crippen LogP contribution in [0.15, 0.2) is 21.8 Å². The minimum atomic E-state index is 0. The van der Waals surface area contributed by atoms with Crippen molar-refractivity contribution in [2.24, 2.45) is 4.99 Å². The van der Waals surface area contributed by atoms with E-state index >= 15 is 0 Å². The molecule has 0 atom stereocenters. The molecule has 1 aromatic heterocycles. The van der Waals surface area contributed by atoms with E-state index in [1.165, 1.54) is 44.1 Å². The van der Waals surface area contributed by atoms with Crippen LogP contribution < -0.4 is 10.6 Å². The van der Waals surface area contributed by atoms with E-state index in [2.05, 4.69) is 32.5 Å². The Morgan fingerprint density at radius 1 is 1.21 bits per heavy atom. The summed E-state index contributed by atoms with van der Waals surface area (Å²) in [6.07, 6.45) is 10.7. The molecule has 0 saturated heterocycles. The SMILES string of the molecule is CN=C(NCCCCOC1CCCCCC1)NCc1ccsc1.I. The molecule has 0 unspecified atom stereocenters. The highest BCUT2D eigenvalue weighted by molar-refractivity contribution is 14.0. The predicted molar refractivity (Wildman–Crippen MR) is 115 cm³/mol. The largest absolute Gasteiger partial charge is 0.378 e. The Morgan fingerprint density at radius 3 is 2.67 bits per heavy atom. The summed E-state index contributed by atoms with van der Waals surface area (Å²) >= 11 is 1.72. The molecule has 0 aliphatic heterocycles. The number of hydrogen-bond donors (Lipinski definition) is 2. The second-order valence-corrected chi connectivity index (χ2v) is 6.96. The third kappa shape index (κ3) is 9.22. The molecule has 1 fully saturated rings. The van der Waals surface area contributed by atoms with Crippen molar-refractivity contribution in [3.05, 3.63) is 22.4 Å². The number of unbranched alkanes of at least 4 members (excludes halogenated alkanes) is 1. The van der Waals surface area contributed by atoms with E-state index in [1.807, 2.05) is 7.05 Å². The Kier molecular flexibility index (Phi) is 12.6. The summed E-state index contributed by atoms with van der Waals surface area (Å²) < 4.78 is 6.02. The molecule has 0 bridgehead atoms. The summed E-state index contributed by atoms with van der Waals surface area (Å²) in [7, 11) is 1.82. The topological polar surface area (TPSA) is 45.7 Å². The minimum Gasteiger partial charge on any atom is -0.378 e. The molecule has 1 aliphatic rings. The van der Waals surface area contributed by atoms with Gasteiger partial charge in [-0.3, -0.25) is 4.99 Å². The van der Waals surface area contributed by atoms with E-state index in [-0.39, 0.29) is 24.0 Å². The molecule has 6 heteroatoms. The van der Waals surface area contributed by atoms with Crippen LogP contribution >= 0.6 is 35.3 Å². The van der Waals surface area contributed by atoms with Crippen LogP contribution in [0, 0.1) is 0 Å². The molecule has 138 valence electrons. The van der Waals surface area contributed by atoms with E-state index in [0.29, 0.717) is 6.10 Å². The first-order valence-electron chi connectivity index (χ1n) is 8.95. The highest BCUT2D eigenvalue weighted by Gasteiger charge is 2.11. The van der Waals surface area contributed by atoms with Crippen molar-refractivity contribution in [2.75, 3.05) is 20.2 Å². The van der Waals surface area contributed by atoms with Crippen molar-refractivity contribution in [1.82, 2.24) is 10.6 Å².